The summed E-state index contributed by atoms with van der Waals surface area (Å²) >= 11 is 0. The number of hydrogen-bond acceptors (Lipinski definition) is 5. The van der Waals surface area contributed by atoms with Crippen molar-refractivity contribution in [3.63, 3.8) is 0 Å². The van der Waals surface area contributed by atoms with Gasteiger partial charge >= 0.3 is 6.09 Å². The first-order valence-corrected chi connectivity index (χ1v) is 8.44. The van der Waals surface area contributed by atoms with Crippen LogP contribution in [0.5, 0.6) is 0 Å². The lowest BCUT2D eigenvalue weighted by Crippen LogP contribution is -2.34. The fourth-order valence-corrected chi connectivity index (χ4v) is 2.05. The van der Waals surface area contributed by atoms with Gasteiger partial charge in [0.25, 0.3) is 5.91 Å². The standard InChI is InChI=1S/C19H23N3O5/c1-19(2,3)27-18(25)20-11-10-16(23)21-13-6-8-14(9-7-13)22-17(24)15-5-4-12-26-15/h4-9,12H,10-11H2,1-3H3,(H,20,25)(H,21,23)(H,22,24). The van der Waals surface area contributed by atoms with Crippen LogP contribution in [0, 0.1) is 0 Å². The van der Waals surface area contributed by atoms with Crippen molar-refractivity contribution in [2.45, 2.75) is 32.8 Å². The van der Waals surface area contributed by atoms with E-state index in [9.17, 15) is 14.4 Å². The molecule has 0 fully saturated rings. The van der Waals surface area contributed by atoms with Gasteiger partial charge in [0, 0.05) is 24.3 Å². The third-order valence-electron chi connectivity index (χ3n) is 3.19. The summed E-state index contributed by atoms with van der Waals surface area (Å²) in [6.45, 7) is 5.46. The van der Waals surface area contributed by atoms with Crippen LogP contribution < -0.4 is 16.0 Å². The van der Waals surface area contributed by atoms with Gasteiger partial charge in [0.15, 0.2) is 5.76 Å². The zero-order valence-electron chi connectivity index (χ0n) is 15.5. The van der Waals surface area contributed by atoms with Crippen molar-refractivity contribution in [3.8, 4) is 0 Å². The van der Waals surface area contributed by atoms with E-state index in [4.69, 9.17) is 9.15 Å². The van der Waals surface area contributed by atoms with Gasteiger partial charge in [-0.1, -0.05) is 0 Å². The SMILES string of the molecule is CC(C)(C)OC(=O)NCCC(=O)Nc1ccc(NC(=O)c2ccco2)cc1. The number of carbonyl (C=O) groups is 3. The molecular weight excluding hydrogens is 350 g/mol. The van der Waals surface area contributed by atoms with E-state index < -0.39 is 11.7 Å². The summed E-state index contributed by atoms with van der Waals surface area (Å²) in [5.41, 5.74) is 0.565. The zero-order valence-corrected chi connectivity index (χ0v) is 15.5. The van der Waals surface area contributed by atoms with Crippen LogP contribution in [0.3, 0.4) is 0 Å². The quantitative estimate of drug-likeness (QED) is 0.719. The molecule has 0 bridgehead atoms. The number of furan rings is 1. The Labute approximate surface area is 157 Å². The van der Waals surface area contributed by atoms with E-state index in [0.29, 0.717) is 11.4 Å². The molecule has 1 heterocycles. The van der Waals surface area contributed by atoms with Gasteiger partial charge < -0.3 is 25.1 Å². The molecule has 27 heavy (non-hydrogen) atoms. The van der Waals surface area contributed by atoms with Gasteiger partial charge in [0.2, 0.25) is 5.91 Å². The van der Waals surface area contributed by atoms with E-state index in [0.717, 1.165) is 0 Å². The average molecular weight is 373 g/mol. The Kier molecular flexibility index (Phi) is 6.59. The Morgan fingerprint density at radius 3 is 2.19 bits per heavy atom. The van der Waals surface area contributed by atoms with E-state index in [1.165, 1.54) is 6.26 Å². The molecule has 0 aliphatic rings. The van der Waals surface area contributed by atoms with E-state index in [1.807, 2.05) is 0 Å². The number of alkyl carbamates (subject to hydrolysis) is 1. The van der Waals surface area contributed by atoms with Crippen LogP contribution in [0.4, 0.5) is 16.2 Å². The average Bonchev–Trinajstić information content (AvgIpc) is 3.09. The van der Waals surface area contributed by atoms with Crippen LogP contribution >= 0.6 is 0 Å². The van der Waals surface area contributed by atoms with Crippen LogP contribution in [-0.2, 0) is 9.53 Å². The van der Waals surface area contributed by atoms with Crippen LogP contribution in [0.15, 0.2) is 47.1 Å². The number of anilines is 2. The summed E-state index contributed by atoms with van der Waals surface area (Å²) in [6.07, 6.45) is 0.966. The predicted molar refractivity (Wildman–Crippen MR) is 101 cm³/mol. The minimum Gasteiger partial charge on any atom is -0.459 e. The molecule has 3 amide bonds. The van der Waals surface area contributed by atoms with Crippen molar-refractivity contribution < 1.29 is 23.5 Å². The van der Waals surface area contributed by atoms with Crippen molar-refractivity contribution in [1.29, 1.82) is 0 Å². The van der Waals surface area contributed by atoms with Crippen molar-refractivity contribution in [3.05, 3.63) is 48.4 Å². The number of benzene rings is 1. The molecule has 8 heteroatoms. The molecule has 0 radical (unpaired) electrons. The number of ether oxygens (including phenoxy) is 1. The van der Waals surface area contributed by atoms with Crippen LogP contribution in [0.25, 0.3) is 0 Å². The van der Waals surface area contributed by atoms with E-state index in [2.05, 4.69) is 16.0 Å². The van der Waals surface area contributed by atoms with Gasteiger partial charge in [-0.2, -0.15) is 0 Å². The minimum absolute atomic E-state index is 0.107. The minimum atomic E-state index is -0.583. The molecule has 144 valence electrons. The molecule has 2 aromatic rings. The van der Waals surface area contributed by atoms with Gasteiger partial charge in [-0.15, -0.1) is 0 Å². The summed E-state index contributed by atoms with van der Waals surface area (Å²) in [5, 5.41) is 7.91. The molecule has 1 aromatic carbocycles. The second kappa shape index (κ2) is 8.88. The van der Waals surface area contributed by atoms with E-state index in [1.54, 1.807) is 57.2 Å². The second-order valence-corrected chi connectivity index (χ2v) is 6.74. The topological polar surface area (TPSA) is 110 Å². The number of amides is 3. The van der Waals surface area contributed by atoms with Crippen molar-refractivity contribution >= 4 is 29.3 Å². The fourth-order valence-electron chi connectivity index (χ4n) is 2.05. The number of nitrogens with one attached hydrogen (secondary N) is 3. The van der Waals surface area contributed by atoms with E-state index in [-0.39, 0.29) is 30.5 Å². The van der Waals surface area contributed by atoms with Gasteiger partial charge in [-0.05, 0) is 57.2 Å². The highest BCUT2D eigenvalue weighted by Gasteiger charge is 2.16. The Morgan fingerprint density at radius 1 is 1.00 bits per heavy atom. The van der Waals surface area contributed by atoms with Gasteiger partial charge in [-0.3, -0.25) is 9.59 Å². The molecule has 0 aliphatic carbocycles. The monoisotopic (exact) mass is 373 g/mol. The maximum atomic E-state index is 11.9. The van der Waals surface area contributed by atoms with Gasteiger partial charge in [0.1, 0.15) is 5.60 Å². The number of carbonyl (C=O) groups excluding carboxylic acids is 3. The van der Waals surface area contributed by atoms with Gasteiger partial charge in [-0.25, -0.2) is 4.79 Å². The van der Waals surface area contributed by atoms with Crippen molar-refractivity contribution in [2.75, 3.05) is 17.2 Å². The third-order valence-corrected chi connectivity index (χ3v) is 3.19. The van der Waals surface area contributed by atoms with E-state index >= 15 is 0 Å². The largest absolute Gasteiger partial charge is 0.459 e. The first kappa shape index (κ1) is 20.0. The lowest BCUT2D eigenvalue weighted by molar-refractivity contribution is -0.116. The first-order valence-electron chi connectivity index (χ1n) is 8.44. The summed E-state index contributed by atoms with van der Waals surface area (Å²) in [4.78, 5) is 35.3. The Hall–Kier alpha value is -3.29. The molecule has 0 spiro atoms. The summed E-state index contributed by atoms with van der Waals surface area (Å²) < 4.78 is 10.1. The lowest BCUT2D eigenvalue weighted by atomic mass is 10.2. The molecule has 0 unspecified atom stereocenters. The molecule has 1 aromatic heterocycles. The second-order valence-electron chi connectivity index (χ2n) is 6.74. The smallest absolute Gasteiger partial charge is 0.407 e. The molecule has 3 N–H and O–H groups in total. The molecular formula is C19H23N3O5. The molecule has 0 atom stereocenters. The van der Waals surface area contributed by atoms with Crippen molar-refractivity contribution in [1.82, 2.24) is 5.32 Å². The third kappa shape index (κ3) is 7.23. The van der Waals surface area contributed by atoms with Crippen LogP contribution in [-0.4, -0.2) is 30.1 Å². The first-order chi connectivity index (χ1) is 12.7. The molecule has 0 saturated carbocycles. The highest BCUT2D eigenvalue weighted by atomic mass is 16.6. The summed E-state index contributed by atoms with van der Waals surface area (Å²) in [5.74, 6) is -0.395. The van der Waals surface area contributed by atoms with Crippen LogP contribution in [0.2, 0.25) is 0 Å². The van der Waals surface area contributed by atoms with Crippen LogP contribution in [0.1, 0.15) is 37.7 Å². The molecule has 8 nitrogen and oxygen atoms in total. The Balaban J connectivity index is 1.74. The molecule has 0 saturated heterocycles. The Bertz CT molecular complexity index is 777. The summed E-state index contributed by atoms with van der Waals surface area (Å²) in [7, 11) is 0. The fraction of sp³-hybridized carbons (Fsp3) is 0.316. The maximum absolute atomic E-state index is 11.9. The maximum Gasteiger partial charge on any atom is 0.407 e. The highest BCUT2D eigenvalue weighted by molar-refractivity contribution is 6.02. The summed E-state index contributed by atoms with van der Waals surface area (Å²) in [6, 6.07) is 9.85. The highest BCUT2D eigenvalue weighted by Crippen LogP contribution is 2.15. The number of hydrogen-bond donors (Lipinski definition) is 3. The van der Waals surface area contributed by atoms with Gasteiger partial charge in [0.05, 0.1) is 6.26 Å². The normalized spacial score (nSPS) is 10.8. The molecule has 0 aliphatic heterocycles. The van der Waals surface area contributed by atoms with Crippen molar-refractivity contribution in [2.24, 2.45) is 0 Å². The zero-order chi connectivity index (χ0) is 19.9. The number of rotatable bonds is 6. The lowest BCUT2D eigenvalue weighted by Gasteiger charge is -2.19. The predicted octanol–water partition coefficient (Wildman–Crippen LogP) is 3.39. The Morgan fingerprint density at radius 2 is 1.63 bits per heavy atom. The molecule has 2 rings (SSSR count).